The predicted octanol–water partition coefficient (Wildman–Crippen LogP) is 2.60. The van der Waals surface area contributed by atoms with Crippen LogP contribution in [0, 0.1) is 5.41 Å². The average molecular weight is 429 g/mol. The van der Waals surface area contributed by atoms with Crippen molar-refractivity contribution in [3.63, 3.8) is 0 Å². The summed E-state index contributed by atoms with van der Waals surface area (Å²) in [6.07, 6.45) is 1.85. The highest BCUT2D eigenvalue weighted by molar-refractivity contribution is 5.67. The molecule has 0 bridgehead atoms. The lowest BCUT2D eigenvalue weighted by Gasteiger charge is -2.26. The molecular weight excluding hydrogens is 396 g/mol. The van der Waals surface area contributed by atoms with Gasteiger partial charge < -0.3 is 19.3 Å². The Morgan fingerprint density at radius 2 is 2.13 bits per heavy atom. The van der Waals surface area contributed by atoms with Gasteiger partial charge in [0.15, 0.2) is 0 Å². The van der Waals surface area contributed by atoms with Gasteiger partial charge in [0.1, 0.15) is 12.7 Å². The van der Waals surface area contributed by atoms with Crippen molar-refractivity contribution in [1.29, 1.82) is 0 Å². The lowest BCUT2D eigenvalue weighted by Crippen LogP contribution is -2.34. The third-order valence-corrected chi connectivity index (χ3v) is 6.05. The van der Waals surface area contributed by atoms with E-state index in [1.807, 2.05) is 6.07 Å². The van der Waals surface area contributed by atoms with Gasteiger partial charge in [-0.2, -0.15) is 4.98 Å². The van der Waals surface area contributed by atoms with Crippen LogP contribution in [0.3, 0.4) is 0 Å². The van der Waals surface area contributed by atoms with Gasteiger partial charge in [0.05, 0.1) is 31.6 Å². The van der Waals surface area contributed by atoms with Crippen molar-refractivity contribution < 1.29 is 19.3 Å². The van der Waals surface area contributed by atoms with Gasteiger partial charge in [-0.25, -0.2) is 4.79 Å². The molecular formula is C24H32N2O5. The molecule has 0 aliphatic carbocycles. The number of aromatic nitrogens is 2. The molecule has 0 amide bonds. The summed E-state index contributed by atoms with van der Waals surface area (Å²) >= 11 is 0. The van der Waals surface area contributed by atoms with E-state index in [4.69, 9.17) is 14.2 Å². The number of benzene rings is 1. The minimum absolute atomic E-state index is 0.119. The summed E-state index contributed by atoms with van der Waals surface area (Å²) in [6.45, 7) is 8.71. The molecule has 3 heterocycles. The number of aryl methyl sites for hydroxylation is 2. The maximum Gasteiger partial charge on any atom is 0.351 e. The molecule has 168 valence electrons. The standard InChI is InChI=1S/C24H32N2O5/c1-24(2,3)21(27)7-5-16-4-6-19-17(12-16)8-9-26-20(19)13-22(25-23(26)28)31-15-18-14-29-10-11-30-18/h4,6,12-13,18,21,27H,5,7-11,14-15H2,1-3H3. The Bertz CT molecular complexity index is 973. The fourth-order valence-electron chi connectivity index (χ4n) is 4.04. The Morgan fingerprint density at radius 3 is 2.87 bits per heavy atom. The van der Waals surface area contributed by atoms with E-state index in [1.165, 1.54) is 11.1 Å². The third kappa shape index (κ3) is 5.17. The molecule has 1 aromatic heterocycles. The third-order valence-electron chi connectivity index (χ3n) is 6.05. The van der Waals surface area contributed by atoms with Crippen molar-refractivity contribution in [3.05, 3.63) is 45.9 Å². The number of nitrogens with zero attached hydrogens (tertiary/aromatic N) is 2. The van der Waals surface area contributed by atoms with Crippen molar-refractivity contribution in [2.24, 2.45) is 5.41 Å². The highest BCUT2D eigenvalue weighted by atomic mass is 16.6. The number of hydrogen-bond acceptors (Lipinski definition) is 6. The average Bonchev–Trinajstić information content (AvgIpc) is 2.75. The van der Waals surface area contributed by atoms with Gasteiger partial charge in [-0.15, -0.1) is 0 Å². The normalized spacial score (nSPS) is 19.4. The van der Waals surface area contributed by atoms with E-state index in [9.17, 15) is 9.90 Å². The van der Waals surface area contributed by atoms with E-state index in [-0.39, 0.29) is 23.3 Å². The molecule has 2 unspecified atom stereocenters. The lowest BCUT2D eigenvalue weighted by atomic mass is 9.85. The minimum atomic E-state index is -0.341. The molecule has 1 N–H and O–H groups in total. The molecule has 0 saturated carbocycles. The number of ether oxygens (including phenoxy) is 3. The lowest BCUT2D eigenvalue weighted by molar-refractivity contribution is -0.102. The summed E-state index contributed by atoms with van der Waals surface area (Å²) in [4.78, 5) is 16.7. The molecule has 7 nitrogen and oxygen atoms in total. The first-order valence-electron chi connectivity index (χ1n) is 11.1. The number of aliphatic hydroxyl groups excluding tert-OH is 1. The molecule has 1 saturated heterocycles. The van der Waals surface area contributed by atoms with Gasteiger partial charge in [-0.1, -0.05) is 39.0 Å². The summed E-state index contributed by atoms with van der Waals surface area (Å²) < 4.78 is 18.5. The fourth-order valence-corrected chi connectivity index (χ4v) is 4.04. The Labute approximate surface area is 183 Å². The Morgan fingerprint density at radius 1 is 1.29 bits per heavy atom. The van der Waals surface area contributed by atoms with Crippen molar-refractivity contribution in [1.82, 2.24) is 9.55 Å². The number of hydrogen-bond donors (Lipinski definition) is 1. The second-order valence-electron chi connectivity index (χ2n) is 9.45. The molecule has 2 atom stereocenters. The first-order valence-corrected chi connectivity index (χ1v) is 11.1. The zero-order valence-electron chi connectivity index (χ0n) is 18.6. The molecule has 2 aliphatic rings. The molecule has 2 aromatic rings. The van der Waals surface area contributed by atoms with Crippen LogP contribution in [0.1, 0.15) is 38.3 Å². The summed E-state index contributed by atoms with van der Waals surface area (Å²) in [5, 5.41) is 10.3. The van der Waals surface area contributed by atoms with E-state index in [2.05, 4.69) is 44.0 Å². The van der Waals surface area contributed by atoms with Gasteiger partial charge in [0.2, 0.25) is 5.88 Å². The van der Waals surface area contributed by atoms with Crippen LogP contribution >= 0.6 is 0 Å². The molecule has 1 fully saturated rings. The molecule has 2 aliphatic heterocycles. The zero-order chi connectivity index (χ0) is 22.0. The van der Waals surface area contributed by atoms with E-state index in [0.717, 1.165) is 30.5 Å². The molecule has 7 heteroatoms. The SMILES string of the molecule is CC(C)(C)C(O)CCc1ccc2c(c1)CCn1c-2cc(OCC2COCCO2)nc1=O. The second kappa shape index (κ2) is 9.10. The van der Waals surface area contributed by atoms with E-state index in [1.54, 1.807) is 4.57 Å². The quantitative estimate of drug-likeness (QED) is 0.762. The van der Waals surface area contributed by atoms with Crippen LogP contribution in [0.2, 0.25) is 0 Å². The van der Waals surface area contributed by atoms with Crippen molar-refractivity contribution in [2.45, 2.75) is 58.8 Å². The zero-order valence-corrected chi connectivity index (χ0v) is 18.6. The van der Waals surface area contributed by atoms with Crippen LogP contribution < -0.4 is 10.4 Å². The first-order chi connectivity index (χ1) is 14.8. The van der Waals surface area contributed by atoms with Crippen molar-refractivity contribution >= 4 is 0 Å². The van der Waals surface area contributed by atoms with Crippen LogP contribution in [-0.4, -0.2) is 53.3 Å². The van der Waals surface area contributed by atoms with E-state index in [0.29, 0.717) is 38.9 Å². The molecule has 0 spiro atoms. The molecule has 1 aromatic carbocycles. The topological polar surface area (TPSA) is 82.8 Å². The number of fused-ring (bicyclic) bond motifs is 3. The Kier molecular flexibility index (Phi) is 6.46. The molecule has 0 radical (unpaired) electrons. The summed E-state index contributed by atoms with van der Waals surface area (Å²) in [6, 6.07) is 8.20. The van der Waals surface area contributed by atoms with Crippen LogP contribution in [0.4, 0.5) is 0 Å². The van der Waals surface area contributed by atoms with Gasteiger partial charge in [0, 0.05) is 18.2 Å². The maximum atomic E-state index is 12.6. The summed E-state index contributed by atoms with van der Waals surface area (Å²) in [5.41, 5.74) is 3.87. The Balaban J connectivity index is 1.51. The summed E-state index contributed by atoms with van der Waals surface area (Å²) in [7, 11) is 0. The maximum absolute atomic E-state index is 12.6. The van der Waals surface area contributed by atoms with Crippen LogP contribution in [-0.2, 0) is 28.9 Å². The molecule has 31 heavy (non-hydrogen) atoms. The van der Waals surface area contributed by atoms with Crippen LogP contribution in [0.15, 0.2) is 29.1 Å². The van der Waals surface area contributed by atoms with Gasteiger partial charge in [0.25, 0.3) is 0 Å². The second-order valence-corrected chi connectivity index (χ2v) is 9.45. The monoisotopic (exact) mass is 428 g/mol. The van der Waals surface area contributed by atoms with Gasteiger partial charge in [-0.05, 0) is 35.8 Å². The fraction of sp³-hybridized carbons (Fsp3) is 0.583. The highest BCUT2D eigenvalue weighted by Gasteiger charge is 2.23. The largest absolute Gasteiger partial charge is 0.475 e. The summed E-state index contributed by atoms with van der Waals surface area (Å²) in [5.74, 6) is 0.315. The van der Waals surface area contributed by atoms with E-state index >= 15 is 0 Å². The first kappa shape index (κ1) is 22.0. The van der Waals surface area contributed by atoms with E-state index < -0.39 is 0 Å². The van der Waals surface area contributed by atoms with Crippen LogP contribution in [0.25, 0.3) is 11.3 Å². The number of rotatable bonds is 6. The molecule has 4 rings (SSSR count). The minimum Gasteiger partial charge on any atom is -0.475 e. The van der Waals surface area contributed by atoms with Crippen LogP contribution in [0.5, 0.6) is 5.88 Å². The van der Waals surface area contributed by atoms with Gasteiger partial charge >= 0.3 is 5.69 Å². The highest BCUT2D eigenvalue weighted by Crippen LogP contribution is 2.31. The predicted molar refractivity (Wildman–Crippen MR) is 117 cm³/mol. The smallest absolute Gasteiger partial charge is 0.351 e. The Hall–Kier alpha value is -2.22. The van der Waals surface area contributed by atoms with Crippen molar-refractivity contribution in [3.8, 4) is 17.1 Å². The van der Waals surface area contributed by atoms with Crippen molar-refractivity contribution in [2.75, 3.05) is 26.4 Å². The van der Waals surface area contributed by atoms with Gasteiger partial charge in [-0.3, -0.25) is 4.57 Å². The number of aliphatic hydroxyl groups is 1.